The number of amides is 1. The van der Waals surface area contributed by atoms with Crippen LogP contribution in [0.2, 0.25) is 5.02 Å². The van der Waals surface area contributed by atoms with Crippen LogP contribution in [0.3, 0.4) is 0 Å². The maximum absolute atomic E-state index is 11.3. The van der Waals surface area contributed by atoms with Crippen LogP contribution in [0.5, 0.6) is 0 Å². The summed E-state index contributed by atoms with van der Waals surface area (Å²) in [6.45, 7) is 5.11. The van der Waals surface area contributed by atoms with Gasteiger partial charge in [-0.15, -0.1) is 0 Å². The van der Waals surface area contributed by atoms with Gasteiger partial charge in [0.25, 0.3) is 0 Å². The molecule has 1 aliphatic rings. The van der Waals surface area contributed by atoms with Gasteiger partial charge in [0, 0.05) is 16.8 Å². The number of carbonyl (C=O) groups is 1. The number of benzene rings is 1. The van der Waals surface area contributed by atoms with E-state index in [9.17, 15) is 4.79 Å². The summed E-state index contributed by atoms with van der Waals surface area (Å²) < 4.78 is 0. The Balaban J connectivity index is 2.35. The van der Waals surface area contributed by atoms with Crippen molar-refractivity contribution >= 4 is 23.2 Å². The van der Waals surface area contributed by atoms with Gasteiger partial charge in [0.2, 0.25) is 5.91 Å². The Bertz CT molecular complexity index is 445. The first-order valence-corrected chi connectivity index (χ1v) is 6.39. The van der Waals surface area contributed by atoms with Crippen molar-refractivity contribution in [3.05, 3.63) is 28.3 Å². The SMILES string of the molecule is CCNC(CC)c1cc2c(cc1Cl)NC(=O)C2. The van der Waals surface area contributed by atoms with Gasteiger partial charge in [-0.1, -0.05) is 31.5 Å². The highest BCUT2D eigenvalue weighted by molar-refractivity contribution is 6.32. The molecule has 1 aromatic rings. The quantitative estimate of drug-likeness (QED) is 0.865. The molecule has 92 valence electrons. The Labute approximate surface area is 107 Å². The smallest absolute Gasteiger partial charge is 0.228 e. The van der Waals surface area contributed by atoms with Crippen LogP contribution in [-0.4, -0.2) is 12.5 Å². The predicted molar refractivity (Wildman–Crippen MR) is 70.5 cm³/mol. The molecule has 1 aliphatic heterocycles. The van der Waals surface area contributed by atoms with Crippen LogP contribution in [0.25, 0.3) is 0 Å². The van der Waals surface area contributed by atoms with Crippen molar-refractivity contribution < 1.29 is 4.79 Å². The van der Waals surface area contributed by atoms with E-state index in [2.05, 4.69) is 24.5 Å². The van der Waals surface area contributed by atoms with Crippen molar-refractivity contribution in [2.24, 2.45) is 0 Å². The molecule has 1 atom stereocenters. The van der Waals surface area contributed by atoms with Crippen molar-refractivity contribution in [1.82, 2.24) is 5.32 Å². The molecule has 0 saturated carbocycles. The Kier molecular flexibility index (Phi) is 3.69. The summed E-state index contributed by atoms with van der Waals surface area (Å²) >= 11 is 6.27. The van der Waals surface area contributed by atoms with Gasteiger partial charge >= 0.3 is 0 Å². The molecule has 0 fully saturated rings. The summed E-state index contributed by atoms with van der Waals surface area (Å²) in [6, 6.07) is 4.16. The number of hydrogen-bond donors (Lipinski definition) is 2. The van der Waals surface area contributed by atoms with Gasteiger partial charge in [0.05, 0.1) is 6.42 Å². The fraction of sp³-hybridized carbons (Fsp3) is 0.462. The molecule has 1 aromatic carbocycles. The number of nitrogens with one attached hydrogen (secondary N) is 2. The fourth-order valence-corrected chi connectivity index (χ4v) is 2.55. The molecule has 4 heteroatoms. The van der Waals surface area contributed by atoms with E-state index >= 15 is 0 Å². The fourth-order valence-electron chi connectivity index (χ4n) is 2.25. The number of fused-ring (bicyclic) bond motifs is 1. The molecule has 1 heterocycles. The van der Waals surface area contributed by atoms with Crippen LogP contribution in [-0.2, 0) is 11.2 Å². The largest absolute Gasteiger partial charge is 0.325 e. The second-order valence-electron chi connectivity index (χ2n) is 4.27. The highest BCUT2D eigenvalue weighted by Gasteiger charge is 2.21. The Morgan fingerprint density at radius 1 is 1.47 bits per heavy atom. The van der Waals surface area contributed by atoms with Crippen molar-refractivity contribution in [2.75, 3.05) is 11.9 Å². The Morgan fingerprint density at radius 2 is 2.24 bits per heavy atom. The van der Waals surface area contributed by atoms with Gasteiger partial charge in [-0.2, -0.15) is 0 Å². The molecule has 0 spiro atoms. The first kappa shape index (κ1) is 12.4. The molecule has 0 aliphatic carbocycles. The molecule has 3 nitrogen and oxygen atoms in total. The molecule has 0 saturated heterocycles. The second kappa shape index (κ2) is 5.07. The van der Waals surface area contributed by atoms with Crippen molar-refractivity contribution in [2.45, 2.75) is 32.7 Å². The van der Waals surface area contributed by atoms with E-state index < -0.39 is 0 Å². The van der Waals surface area contributed by atoms with Gasteiger partial charge < -0.3 is 10.6 Å². The lowest BCUT2D eigenvalue weighted by molar-refractivity contribution is -0.115. The topological polar surface area (TPSA) is 41.1 Å². The summed E-state index contributed by atoms with van der Waals surface area (Å²) in [4.78, 5) is 11.3. The maximum atomic E-state index is 11.3. The summed E-state index contributed by atoms with van der Waals surface area (Å²) in [7, 11) is 0. The summed E-state index contributed by atoms with van der Waals surface area (Å²) in [6.07, 6.45) is 1.44. The minimum absolute atomic E-state index is 0.0460. The van der Waals surface area contributed by atoms with Gasteiger partial charge in [-0.05, 0) is 30.2 Å². The first-order chi connectivity index (χ1) is 8.15. The van der Waals surface area contributed by atoms with Crippen LogP contribution in [0.15, 0.2) is 12.1 Å². The summed E-state index contributed by atoms with van der Waals surface area (Å²) in [5, 5.41) is 6.93. The molecule has 0 bridgehead atoms. The predicted octanol–water partition coefficient (Wildman–Crippen LogP) is 2.90. The molecular formula is C13H17ClN2O. The minimum atomic E-state index is 0.0460. The van der Waals surface area contributed by atoms with Gasteiger partial charge in [0.15, 0.2) is 0 Å². The average molecular weight is 253 g/mol. The van der Waals surface area contributed by atoms with E-state index in [1.54, 1.807) is 0 Å². The third kappa shape index (κ3) is 2.45. The molecule has 1 amide bonds. The van der Waals surface area contributed by atoms with Crippen LogP contribution in [0.1, 0.15) is 37.4 Å². The zero-order chi connectivity index (χ0) is 12.4. The lowest BCUT2D eigenvalue weighted by atomic mass is 10.0. The van der Waals surface area contributed by atoms with Crippen LogP contribution in [0, 0.1) is 0 Å². The molecule has 2 N–H and O–H groups in total. The van der Waals surface area contributed by atoms with Gasteiger partial charge in [-0.3, -0.25) is 4.79 Å². The molecular weight excluding hydrogens is 236 g/mol. The maximum Gasteiger partial charge on any atom is 0.228 e. The van der Waals surface area contributed by atoms with Gasteiger partial charge in [0.1, 0.15) is 0 Å². The molecule has 1 unspecified atom stereocenters. The normalized spacial score (nSPS) is 15.6. The van der Waals surface area contributed by atoms with Crippen LogP contribution >= 0.6 is 11.6 Å². The molecule has 0 radical (unpaired) electrons. The van der Waals surface area contributed by atoms with Crippen LogP contribution in [0.4, 0.5) is 5.69 Å². The number of rotatable bonds is 4. The highest BCUT2D eigenvalue weighted by atomic mass is 35.5. The monoisotopic (exact) mass is 252 g/mol. The van der Waals surface area contributed by atoms with E-state index in [0.717, 1.165) is 34.8 Å². The zero-order valence-electron chi connectivity index (χ0n) is 10.1. The molecule has 0 aromatic heterocycles. The van der Waals surface area contributed by atoms with E-state index in [1.807, 2.05) is 12.1 Å². The number of halogens is 1. The Hall–Kier alpha value is -1.06. The number of hydrogen-bond acceptors (Lipinski definition) is 2. The minimum Gasteiger partial charge on any atom is -0.325 e. The molecule has 2 rings (SSSR count). The lowest BCUT2D eigenvalue weighted by Crippen LogP contribution is -2.20. The third-order valence-electron chi connectivity index (χ3n) is 3.08. The first-order valence-electron chi connectivity index (χ1n) is 6.01. The zero-order valence-corrected chi connectivity index (χ0v) is 10.9. The summed E-state index contributed by atoms with van der Waals surface area (Å²) in [5.41, 5.74) is 2.99. The van der Waals surface area contributed by atoms with E-state index in [4.69, 9.17) is 11.6 Å². The van der Waals surface area contributed by atoms with Crippen molar-refractivity contribution in [1.29, 1.82) is 0 Å². The Morgan fingerprint density at radius 3 is 2.88 bits per heavy atom. The van der Waals surface area contributed by atoms with E-state index in [-0.39, 0.29) is 11.9 Å². The standard InChI is InChI=1S/C13H17ClN2O/c1-3-11(15-4-2)9-5-8-6-13(17)16-12(8)7-10(9)14/h5,7,11,15H,3-4,6H2,1-2H3,(H,16,17). The lowest BCUT2D eigenvalue weighted by Gasteiger charge is -2.18. The van der Waals surface area contributed by atoms with Crippen LogP contribution < -0.4 is 10.6 Å². The highest BCUT2D eigenvalue weighted by Crippen LogP contribution is 2.33. The average Bonchev–Trinajstić information content (AvgIpc) is 2.64. The number of anilines is 1. The third-order valence-corrected chi connectivity index (χ3v) is 3.41. The van der Waals surface area contributed by atoms with E-state index in [1.165, 1.54) is 0 Å². The van der Waals surface area contributed by atoms with Crippen molar-refractivity contribution in [3.8, 4) is 0 Å². The second-order valence-corrected chi connectivity index (χ2v) is 4.68. The van der Waals surface area contributed by atoms with Crippen molar-refractivity contribution in [3.63, 3.8) is 0 Å². The summed E-state index contributed by atoms with van der Waals surface area (Å²) in [5.74, 6) is 0.0460. The van der Waals surface area contributed by atoms with Gasteiger partial charge in [-0.25, -0.2) is 0 Å². The van der Waals surface area contributed by atoms with E-state index in [0.29, 0.717) is 6.42 Å². The number of carbonyl (C=O) groups excluding carboxylic acids is 1. The molecule has 17 heavy (non-hydrogen) atoms.